The van der Waals surface area contributed by atoms with Crippen LogP contribution in [0.4, 0.5) is 0 Å². The average molecular weight is 439 g/mol. The van der Waals surface area contributed by atoms with E-state index in [9.17, 15) is 33.1 Å². The van der Waals surface area contributed by atoms with Gasteiger partial charge in [0.1, 0.15) is 35.7 Å². The van der Waals surface area contributed by atoms with Crippen molar-refractivity contribution in [1.82, 2.24) is 4.72 Å². The third kappa shape index (κ3) is 5.55. The van der Waals surface area contributed by atoms with E-state index in [0.717, 1.165) is 0 Å². The van der Waals surface area contributed by atoms with Crippen molar-refractivity contribution >= 4 is 21.3 Å². The van der Waals surface area contributed by atoms with Crippen LogP contribution in [-0.4, -0.2) is 65.5 Å². The molecule has 0 saturated carbocycles. The van der Waals surface area contributed by atoms with Gasteiger partial charge in [-0.2, -0.15) is 0 Å². The van der Waals surface area contributed by atoms with E-state index in [1.807, 2.05) is 0 Å². The van der Waals surface area contributed by atoms with Crippen molar-refractivity contribution in [3.8, 4) is 5.75 Å². The Morgan fingerprint density at radius 1 is 1.24 bits per heavy atom. The molecule has 2 heterocycles. The Kier molecular flexibility index (Phi) is 7.84. The molecule has 13 heteroatoms. The third-order valence-corrected chi connectivity index (χ3v) is 4.90. The fourth-order valence-corrected chi connectivity index (χ4v) is 3.57. The molecule has 29 heavy (non-hydrogen) atoms. The zero-order chi connectivity index (χ0) is 20.6. The Balaban J connectivity index is 0.00000300. The fourth-order valence-electron chi connectivity index (χ4n) is 2.99. The zero-order valence-corrected chi connectivity index (χ0v) is 18.3. The fraction of sp³-hybridized carbons (Fsp3) is 0.438. The van der Waals surface area contributed by atoms with E-state index in [0.29, 0.717) is 10.9 Å². The van der Waals surface area contributed by atoms with Gasteiger partial charge in [-0.05, 0) is 24.6 Å². The SMILES string of the molecule is Cc1cc(=O)oc2cc(O[C@H]3O[C@H](CO)[C@@H](O)[C@H](O)[C@H]3NS(=O)(=O)[O-])ccc12.[Na+]. The topological polar surface area (TPSA) is 179 Å². The number of benzene rings is 1. The molecule has 5 atom stereocenters. The molecule has 0 radical (unpaired) electrons. The van der Waals surface area contributed by atoms with Crippen molar-refractivity contribution in [3.05, 3.63) is 40.2 Å². The number of rotatable bonds is 5. The maximum Gasteiger partial charge on any atom is 1.00 e. The second kappa shape index (κ2) is 9.39. The molecule has 1 aliphatic rings. The molecule has 1 fully saturated rings. The van der Waals surface area contributed by atoms with Gasteiger partial charge in [-0.25, -0.2) is 17.9 Å². The monoisotopic (exact) mass is 439 g/mol. The predicted octanol–water partition coefficient (Wildman–Crippen LogP) is -4.66. The van der Waals surface area contributed by atoms with Crippen LogP contribution in [0.15, 0.2) is 33.5 Å². The predicted molar refractivity (Wildman–Crippen MR) is 92.2 cm³/mol. The van der Waals surface area contributed by atoms with E-state index < -0.39 is 53.2 Å². The van der Waals surface area contributed by atoms with Crippen molar-refractivity contribution in [3.63, 3.8) is 0 Å². The maximum absolute atomic E-state index is 11.5. The van der Waals surface area contributed by atoms with Gasteiger partial charge in [0.05, 0.1) is 6.61 Å². The summed E-state index contributed by atoms with van der Waals surface area (Å²) in [4.78, 5) is 11.5. The second-order valence-corrected chi connectivity index (χ2v) is 7.47. The Morgan fingerprint density at radius 3 is 2.55 bits per heavy atom. The van der Waals surface area contributed by atoms with Gasteiger partial charge in [-0.1, -0.05) is 0 Å². The molecule has 2 aromatic rings. The van der Waals surface area contributed by atoms with Gasteiger partial charge in [0, 0.05) is 17.5 Å². The number of nitrogens with one attached hydrogen (secondary N) is 1. The van der Waals surface area contributed by atoms with E-state index in [4.69, 9.17) is 13.9 Å². The first-order valence-electron chi connectivity index (χ1n) is 8.16. The number of aliphatic hydroxyl groups is 3. The standard InChI is InChI=1S/C16H19NO10S.Na/c1-7-4-12(19)26-10-5-8(2-3-9(7)10)25-16-13(17-28(22,23)24)15(21)14(20)11(6-18)27-16;/h2-5,11,13-18,20-21H,6H2,1H3,(H,22,23,24);/q;+1/p-1/t11-,13-,14-,15-,16+;/m1./s1. The van der Waals surface area contributed by atoms with E-state index in [-0.39, 0.29) is 40.9 Å². The van der Waals surface area contributed by atoms with Crippen LogP contribution in [0.3, 0.4) is 0 Å². The normalized spacial score (nSPS) is 27.4. The summed E-state index contributed by atoms with van der Waals surface area (Å²) in [6.07, 6.45) is -6.30. The van der Waals surface area contributed by atoms with Crippen LogP contribution in [0.5, 0.6) is 5.75 Å². The zero-order valence-electron chi connectivity index (χ0n) is 15.5. The molecule has 4 N–H and O–H groups in total. The molecule has 0 spiro atoms. The van der Waals surface area contributed by atoms with Crippen molar-refractivity contribution in [2.24, 2.45) is 0 Å². The molecule has 1 saturated heterocycles. The minimum Gasteiger partial charge on any atom is -0.735 e. The number of ether oxygens (including phenoxy) is 2. The number of aryl methyl sites for hydroxylation is 1. The quantitative estimate of drug-likeness (QED) is 0.201. The number of hydrogen-bond donors (Lipinski definition) is 4. The van der Waals surface area contributed by atoms with Crippen LogP contribution in [0.25, 0.3) is 11.0 Å². The van der Waals surface area contributed by atoms with Crippen LogP contribution in [0.2, 0.25) is 0 Å². The van der Waals surface area contributed by atoms with Crippen LogP contribution in [0, 0.1) is 6.92 Å². The molecule has 154 valence electrons. The summed E-state index contributed by atoms with van der Waals surface area (Å²) in [5, 5.41) is 30.0. The molecular formula is C16H18NNaO10S. The number of fused-ring (bicyclic) bond motifs is 1. The molecule has 0 bridgehead atoms. The van der Waals surface area contributed by atoms with Crippen molar-refractivity contribution in [2.75, 3.05) is 6.61 Å². The summed E-state index contributed by atoms with van der Waals surface area (Å²) in [5.74, 6) is 0.0710. The smallest absolute Gasteiger partial charge is 0.735 e. The molecule has 11 nitrogen and oxygen atoms in total. The summed E-state index contributed by atoms with van der Waals surface area (Å²) in [7, 11) is -5.03. The Morgan fingerprint density at radius 2 is 1.93 bits per heavy atom. The van der Waals surface area contributed by atoms with Gasteiger partial charge in [-0.15, -0.1) is 0 Å². The van der Waals surface area contributed by atoms with Crippen LogP contribution in [-0.2, 0) is 15.0 Å². The van der Waals surface area contributed by atoms with Gasteiger partial charge in [0.25, 0.3) is 0 Å². The molecule has 0 aliphatic carbocycles. The Labute approximate surface area is 187 Å². The molecule has 0 unspecified atom stereocenters. The molecule has 0 amide bonds. The first-order valence-corrected chi connectivity index (χ1v) is 9.56. The first-order chi connectivity index (χ1) is 13.1. The molecule has 1 aliphatic heterocycles. The van der Waals surface area contributed by atoms with E-state index in [2.05, 4.69) is 0 Å². The number of hydrogen-bond acceptors (Lipinski definition) is 10. The Hall–Kier alpha value is -1.06. The van der Waals surface area contributed by atoms with E-state index >= 15 is 0 Å². The van der Waals surface area contributed by atoms with E-state index in [1.165, 1.54) is 18.2 Å². The van der Waals surface area contributed by atoms with E-state index in [1.54, 1.807) is 17.7 Å². The van der Waals surface area contributed by atoms with Gasteiger partial charge >= 0.3 is 35.2 Å². The second-order valence-electron chi connectivity index (χ2n) is 6.33. The summed E-state index contributed by atoms with van der Waals surface area (Å²) < 4.78 is 50.8. The third-order valence-electron chi connectivity index (χ3n) is 4.34. The maximum atomic E-state index is 11.5. The molecular weight excluding hydrogens is 421 g/mol. The summed E-state index contributed by atoms with van der Waals surface area (Å²) in [6, 6.07) is 4.08. The largest absolute Gasteiger partial charge is 1.00 e. The van der Waals surface area contributed by atoms with Crippen molar-refractivity contribution in [2.45, 2.75) is 37.6 Å². The minimum atomic E-state index is -5.03. The van der Waals surface area contributed by atoms with Gasteiger partial charge in [-0.3, -0.25) is 0 Å². The molecule has 3 rings (SSSR count). The van der Waals surface area contributed by atoms with Crippen LogP contribution >= 0.6 is 0 Å². The minimum absolute atomic E-state index is 0. The number of aliphatic hydroxyl groups excluding tert-OH is 3. The average Bonchev–Trinajstić information content (AvgIpc) is 2.59. The van der Waals surface area contributed by atoms with Crippen LogP contribution in [0.1, 0.15) is 5.56 Å². The van der Waals surface area contributed by atoms with Crippen molar-refractivity contribution in [1.29, 1.82) is 0 Å². The van der Waals surface area contributed by atoms with Gasteiger partial charge in [0.15, 0.2) is 10.3 Å². The Bertz CT molecular complexity index is 1030. The summed E-state index contributed by atoms with van der Waals surface area (Å²) >= 11 is 0. The molecule has 1 aromatic heterocycles. The molecule has 1 aromatic carbocycles. The van der Waals surface area contributed by atoms with Crippen molar-refractivity contribution < 1.29 is 71.7 Å². The summed E-state index contributed by atoms with van der Waals surface area (Å²) in [6.45, 7) is 1.02. The summed E-state index contributed by atoms with van der Waals surface area (Å²) in [5.41, 5.74) is 0.285. The first kappa shape index (κ1) is 24.2. The van der Waals surface area contributed by atoms with Gasteiger partial charge in [0.2, 0.25) is 6.29 Å². The van der Waals surface area contributed by atoms with Gasteiger partial charge < -0.3 is 33.8 Å². The van der Waals surface area contributed by atoms with Crippen LogP contribution < -0.4 is 44.6 Å².